The van der Waals surface area contributed by atoms with E-state index in [1.807, 2.05) is 6.92 Å². The number of nitrogens with one attached hydrogen (secondary N) is 1. The first kappa shape index (κ1) is 16.6. The fourth-order valence-electron chi connectivity index (χ4n) is 2.59. The molecule has 1 fully saturated rings. The maximum Gasteiger partial charge on any atom is 0.253 e. The first-order valence-corrected chi connectivity index (χ1v) is 7.96. The minimum atomic E-state index is -0.158. The predicted molar refractivity (Wildman–Crippen MR) is 85.0 cm³/mol. The summed E-state index contributed by atoms with van der Waals surface area (Å²) in [6, 6.07) is 4.41. The number of carbonyl (C=O) groups is 2. The maximum atomic E-state index is 12.5. The molecule has 2 amide bonds. The van der Waals surface area contributed by atoms with Gasteiger partial charge in [0.15, 0.2) is 0 Å². The van der Waals surface area contributed by atoms with E-state index in [1.165, 1.54) is 12.1 Å². The number of amides is 2. The molecule has 0 aromatic heterocycles. The molecule has 1 heterocycles. The van der Waals surface area contributed by atoms with E-state index in [1.54, 1.807) is 11.0 Å². The molecule has 0 spiro atoms. The van der Waals surface area contributed by atoms with Gasteiger partial charge in [-0.1, -0.05) is 18.5 Å². The van der Waals surface area contributed by atoms with Gasteiger partial charge >= 0.3 is 0 Å². The Morgan fingerprint density at radius 2 is 2.23 bits per heavy atom. The third-order valence-electron chi connectivity index (χ3n) is 3.82. The lowest BCUT2D eigenvalue weighted by Crippen LogP contribution is -2.45. The summed E-state index contributed by atoms with van der Waals surface area (Å²) in [5.74, 6) is -0.344. The lowest BCUT2D eigenvalue weighted by atomic mass is 9.96. The van der Waals surface area contributed by atoms with Gasteiger partial charge in [0, 0.05) is 25.2 Å². The summed E-state index contributed by atoms with van der Waals surface area (Å²) in [4.78, 5) is 26.2. The SMILES string of the molecule is CCCNC(=O)[C@H]1CCCN(C(=O)c2ccc(O)c(Cl)c2)C1. The Hall–Kier alpha value is -1.75. The molecule has 120 valence electrons. The summed E-state index contributed by atoms with van der Waals surface area (Å²) in [5.41, 5.74) is 0.428. The van der Waals surface area contributed by atoms with E-state index in [9.17, 15) is 14.7 Å². The molecule has 1 aromatic rings. The molecule has 1 aliphatic rings. The molecule has 0 unspecified atom stereocenters. The van der Waals surface area contributed by atoms with Crippen molar-refractivity contribution < 1.29 is 14.7 Å². The van der Waals surface area contributed by atoms with Crippen molar-refractivity contribution in [3.63, 3.8) is 0 Å². The monoisotopic (exact) mass is 324 g/mol. The van der Waals surface area contributed by atoms with Crippen molar-refractivity contribution in [3.8, 4) is 5.75 Å². The van der Waals surface area contributed by atoms with E-state index < -0.39 is 0 Å². The van der Waals surface area contributed by atoms with Gasteiger partial charge in [0.05, 0.1) is 10.9 Å². The van der Waals surface area contributed by atoms with E-state index in [2.05, 4.69) is 5.32 Å². The molecule has 2 N–H and O–H groups in total. The second-order valence-electron chi connectivity index (χ2n) is 5.55. The molecule has 1 atom stereocenters. The summed E-state index contributed by atoms with van der Waals surface area (Å²) in [6.45, 7) is 3.73. The van der Waals surface area contributed by atoms with Gasteiger partial charge in [-0.3, -0.25) is 9.59 Å². The number of hydrogen-bond donors (Lipinski definition) is 2. The van der Waals surface area contributed by atoms with Crippen LogP contribution in [-0.2, 0) is 4.79 Å². The highest BCUT2D eigenvalue weighted by Gasteiger charge is 2.28. The van der Waals surface area contributed by atoms with Crippen molar-refractivity contribution in [3.05, 3.63) is 28.8 Å². The molecule has 1 aromatic carbocycles. The second kappa shape index (κ2) is 7.49. The summed E-state index contributed by atoms with van der Waals surface area (Å²) < 4.78 is 0. The third kappa shape index (κ3) is 3.91. The van der Waals surface area contributed by atoms with E-state index in [0.717, 1.165) is 19.3 Å². The number of likely N-dealkylation sites (tertiary alicyclic amines) is 1. The summed E-state index contributed by atoms with van der Waals surface area (Å²) in [5, 5.41) is 12.5. The molecule has 22 heavy (non-hydrogen) atoms. The highest BCUT2D eigenvalue weighted by Crippen LogP contribution is 2.25. The van der Waals surface area contributed by atoms with Gasteiger partial charge in [-0.2, -0.15) is 0 Å². The van der Waals surface area contributed by atoms with Crippen molar-refractivity contribution in [2.45, 2.75) is 26.2 Å². The van der Waals surface area contributed by atoms with Gasteiger partial charge in [0.1, 0.15) is 5.75 Å². The smallest absolute Gasteiger partial charge is 0.253 e. The number of phenolic OH excluding ortho intramolecular Hbond substituents is 1. The van der Waals surface area contributed by atoms with Gasteiger partial charge < -0.3 is 15.3 Å². The normalized spacial score (nSPS) is 18.1. The highest BCUT2D eigenvalue weighted by atomic mass is 35.5. The van der Waals surface area contributed by atoms with E-state index >= 15 is 0 Å². The number of hydrogen-bond acceptors (Lipinski definition) is 3. The summed E-state index contributed by atoms with van der Waals surface area (Å²) in [6.07, 6.45) is 2.50. The number of phenols is 1. The molecule has 2 rings (SSSR count). The molecule has 1 saturated heterocycles. The largest absolute Gasteiger partial charge is 0.506 e. The van der Waals surface area contributed by atoms with Gasteiger partial charge in [-0.25, -0.2) is 0 Å². The van der Waals surface area contributed by atoms with Crippen LogP contribution >= 0.6 is 11.6 Å². The fraction of sp³-hybridized carbons (Fsp3) is 0.500. The van der Waals surface area contributed by atoms with Crippen molar-refractivity contribution in [1.29, 1.82) is 0 Å². The molecule has 0 radical (unpaired) electrons. The molecular formula is C16H21ClN2O3. The second-order valence-corrected chi connectivity index (χ2v) is 5.95. The first-order chi connectivity index (χ1) is 10.5. The number of piperidine rings is 1. The van der Waals surface area contributed by atoms with Crippen LogP contribution in [0.4, 0.5) is 0 Å². The van der Waals surface area contributed by atoms with Crippen LogP contribution in [-0.4, -0.2) is 41.5 Å². The summed E-state index contributed by atoms with van der Waals surface area (Å²) in [7, 11) is 0. The predicted octanol–water partition coefficient (Wildman–Crippen LogP) is 2.42. The minimum Gasteiger partial charge on any atom is -0.506 e. The quantitative estimate of drug-likeness (QED) is 0.893. The Balaban J connectivity index is 2.03. The molecule has 0 saturated carbocycles. The molecule has 6 heteroatoms. The molecular weight excluding hydrogens is 304 g/mol. The highest BCUT2D eigenvalue weighted by molar-refractivity contribution is 6.32. The zero-order valence-corrected chi connectivity index (χ0v) is 13.4. The van der Waals surface area contributed by atoms with Crippen LogP contribution in [0.1, 0.15) is 36.5 Å². The summed E-state index contributed by atoms with van der Waals surface area (Å²) >= 11 is 5.85. The van der Waals surface area contributed by atoms with Crippen molar-refractivity contribution in [2.75, 3.05) is 19.6 Å². The zero-order chi connectivity index (χ0) is 16.1. The fourth-order valence-corrected chi connectivity index (χ4v) is 2.77. The van der Waals surface area contributed by atoms with Crippen LogP contribution < -0.4 is 5.32 Å². The van der Waals surface area contributed by atoms with Crippen LogP contribution in [0.2, 0.25) is 5.02 Å². The van der Waals surface area contributed by atoms with Gasteiger partial charge in [-0.15, -0.1) is 0 Å². The Labute approximate surface area is 135 Å². The topological polar surface area (TPSA) is 69.6 Å². The number of nitrogens with zero attached hydrogens (tertiary/aromatic N) is 1. The van der Waals surface area contributed by atoms with Crippen LogP contribution in [0.15, 0.2) is 18.2 Å². The van der Waals surface area contributed by atoms with E-state index in [4.69, 9.17) is 11.6 Å². The van der Waals surface area contributed by atoms with Crippen LogP contribution in [0, 0.1) is 5.92 Å². The number of carbonyl (C=O) groups excluding carboxylic acids is 2. The lowest BCUT2D eigenvalue weighted by Gasteiger charge is -2.32. The number of aromatic hydroxyl groups is 1. The van der Waals surface area contributed by atoms with Gasteiger partial charge in [0.2, 0.25) is 5.91 Å². The van der Waals surface area contributed by atoms with Crippen molar-refractivity contribution >= 4 is 23.4 Å². The number of benzene rings is 1. The molecule has 0 bridgehead atoms. The average molecular weight is 325 g/mol. The number of rotatable bonds is 4. The van der Waals surface area contributed by atoms with Gasteiger partial charge in [0.25, 0.3) is 5.91 Å². The number of halogens is 1. The van der Waals surface area contributed by atoms with Crippen LogP contribution in [0.5, 0.6) is 5.75 Å². The molecule has 5 nitrogen and oxygen atoms in total. The van der Waals surface area contributed by atoms with Crippen LogP contribution in [0.25, 0.3) is 0 Å². The Morgan fingerprint density at radius 3 is 2.91 bits per heavy atom. The minimum absolute atomic E-state index is 0.0167. The van der Waals surface area contributed by atoms with E-state index in [-0.39, 0.29) is 28.5 Å². The average Bonchev–Trinajstić information content (AvgIpc) is 2.54. The van der Waals surface area contributed by atoms with Crippen molar-refractivity contribution in [2.24, 2.45) is 5.92 Å². The van der Waals surface area contributed by atoms with E-state index in [0.29, 0.717) is 25.2 Å². The van der Waals surface area contributed by atoms with Gasteiger partial charge in [-0.05, 0) is 37.5 Å². The van der Waals surface area contributed by atoms with Crippen molar-refractivity contribution in [1.82, 2.24) is 10.2 Å². The standard InChI is InChI=1S/C16H21ClN2O3/c1-2-7-18-15(21)12-4-3-8-19(10-12)16(22)11-5-6-14(20)13(17)9-11/h5-6,9,12,20H,2-4,7-8,10H2,1H3,(H,18,21)/t12-/m0/s1. The molecule has 0 aliphatic carbocycles. The lowest BCUT2D eigenvalue weighted by molar-refractivity contribution is -0.126. The molecule has 1 aliphatic heterocycles. The maximum absolute atomic E-state index is 12.5. The Bertz CT molecular complexity index is 562. The zero-order valence-electron chi connectivity index (χ0n) is 12.6. The third-order valence-corrected chi connectivity index (χ3v) is 4.13. The van der Waals surface area contributed by atoms with Crippen LogP contribution in [0.3, 0.4) is 0 Å². The first-order valence-electron chi connectivity index (χ1n) is 7.58. The Kier molecular flexibility index (Phi) is 5.66. The Morgan fingerprint density at radius 1 is 1.45 bits per heavy atom.